The van der Waals surface area contributed by atoms with Gasteiger partial charge >= 0.3 is 0 Å². The number of benzene rings is 2. The van der Waals surface area contributed by atoms with Gasteiger partial charge in [0.15, 0.2) is 11.5 Å². The molecule has 1 N–H and O–H groups in total. The third kappa shape index (κ3) is 5.10. The van der Waals surface area contributed by atoms with Gasteiger partial charge < -0.3 is 14.8 Å². The van der Waals surface area contributed by atoms with Gasteiger partial charge in [-0.2, -0.15) is 0 Å². The number of likely N-dealkylation sites (tertiary alicyclic amines) is 1. The molecule has 0 aliphatic carbocycles. The lowest BCUT2D eigenvalue weighted by molar-refractivity contribution is 0.0939. The molecule has 5 nitrogen and oxygen atoms in total. The van der Waals surface area contributed by atoms with Gasteiger partial charge in [0.2, 0.25) is 0 Å². The summed E-state index contributed by atoms with van der Waals surface area (Å²) in [6.45, 7) is 6.43. The Kier molecular flexibility index (Phi) is 6.35. The number of nitrogens with one attached hydrogen (secondary N) is 1. The number of rotatable bonds is 5. The molecule has 2 aliphatic heterocycles. The molecule has 5 heteroatoms. The summed E-state index contributed by atoms with van der Waals surface area (Å²) in [4.78, 5) is 15.2. The molecule has 154 valence electrons. The molecule has 1 fully saturated rings. The van der Waals surface area contributed by atoms with Crippen LogP contribution in [0.4, 0.5) is 0 Å². The molecule has 1 saturated heterocycles. The van der Waals surface area contributed by atoms with Crippen LogP contribution in [0.2, 0.25) is 0 Å². The molecule has 2 aromatic carbocycles. The second-order valence-electron chi connectivity index (χ2n) is 7.99. The van der Waals surface area contributed by atoms with Crippen molar-refractivity contribution in [3.63, 3.8) is 0 Å². The van der Waals surface area contributed by atoms with E-state index >= 15 is 0 Å². The van der Waals surface area contributed by atoms with E-state index in [-0.39, 0.29) is 11.9 Å². The molecule has 1 amide bonds. The van der Waals surface area contributed by atoms with Crippen molar-refractivity contribution in [1.82, 2.24) is 10.2 Å². The molecule has 0 spiro atoms. The van der Waals surface area contributed by atoms with E-state index in [2.05, 4.69) is 22.3 Å². The van der Waals surface area contributed by atoms with Crippen LogP contribution in [-0.2, 0) is 6.54 Å². The zero-order chi connectivity index (χ0) is 20.1. The van der Waals surface area contributed by atoms with Crippen molar-refractivity contribution in [3.05, 3.63) is 59.2 Å². The highest BCUT2D eigenvalue weighted by molar-refractivity contribution is 5.94. The van der Waals surface area contributed by atoms with E-state index in [4.69, 9.17) is 9.47 Å². The van der Waals surface area contributed by atoms with Crippen LogP contribution < -0.4 is 14.8 Å². The molecule has 2 heterocycles. The largest absolute Gasteiger partial charge is 0.486 e. The van der Waals surface area contributed by atoms with Crippen LogP contribution in [0.5, 0.6) is 11.5 Å². The molecule has 2 aliphatic rings. The topological polar surface area (TPSA) is 50.8 Å². The Bertz CT molecular complexity index is 827. The van der Waals surface area contributed by atoms with Gasteiger partial charge in [-0.15, -0.1) is 0 Å². The van der Waals surface area contributed by atoms with Crippen LogP contribution in [-0.4, -0.2) is 37.1 Å². The second kappa shape index (κ2) is 9.31. The molecular formula is C24H30N2O3. The highest BCUT2D eigenvalue weighted by Crippen LogP contribution is 2.32. The van der Waals surface area contributed by atoms with Crippen molar-refractivity contribution in [3.8, 4) is 11.5 Å². The lowest BCUT2D eigenvalue weighted by Gasteiger charge is -2.21. The second-order valence-corrected chi connectivity index (χ2v) is 7.99. The Morgan fingerprint density at radius 2 is 1.66 bits per heavy atom. The monoisotopic (exact) mass is 394 g/mol. The first-order chi connectivity index (χ1) is 14.2. The van der Waals surface area contributed by atoms with Crippen molar-refractivity contribution in [1.29, 1.82) is 0 Å². The SMILES string of the molecule is CC(NC(=O)c1ccc(CN2CCCCCC2)cc1)c1ccc2c(c1)OCCO2. The van der Waals surface area contributed by atoms with Crippen LogP contribution >= 0.6 is 0 Å². The number of fused-ring (bicyclic) bond motifs is 1. The lowest BCUT2D eigenvalue weighted by Crippen LogP contribution is -2.27. The summed E-state index contributed by atoms with van der Waals surface area (Å²) < 4.78 is 11.2. The quantitative estimate of drug-likeness (QED) is 0.820. The van der Waals surface area contributed by atoms with Gasteiger partial charge in [-0.05, 0) is 68.2 Å². The molecule has 1 unspecified atom stereocenters. The zero-order valence-corrected chi connectivity index (χ0v) is 17.2. The van der Waals surface area contributed by atoms with E-state index in [0.29, 0.717) is 18.8 Å². The number of carbonyl (C=O) groups excluding carboxylic acids is 1. The molecule has 0 saturated carbocycles. The van der Waals surface area contributed by atoms with Crippen LogP contribution in [0.3, 0.4) is 0 Å². The number of ether oxygens (including phenoxy) is 2. The molecule has 4 rings (SSSR count). The van der Waals surface area contributed by atoms with Gasteiger partial charge in [-0.3, -0.25) is 9.69 Å². The highest BCUT2D eigenvalue weighted by Gasteiger charge is 2.17. The van der Waals surface area contributed by atoms with Gasteiger partial charge in [-0.25, -0.2) is 0 Å². The van der Waals surface area contributed by atoms with Gasteiger partial charge in [0.1, 0.15) is 13.2 Å². The Balaban J connectivity index is 1.35. The van der Waals surface area contributed by atoms with Crippen LogP contribution in [0.1, 0.15) is 60.1 Å². The number of hydrogen-bond donors (Lipinski definition) is 1. The summed E-state index contributed by atoms with van der Waals surface area (Å²) in [6, 6.07) is 13.7. The summed E-state index contributed by atoms with van der Waals surface area (Å²) in [5.74, 6) is 1.44. The minimum absolute atomic E-state index is 0.0614. The Hall–Kier alpha value is -2.53. The summed E-state index contributed by atoms with van der Waals surface area (Å²) in [6.07, 6.45) is 5.27. The van der Waals surface area contributed by atoms with Crippen LogP contribution in [0.25, 0.3) is 0 Å². The Morgan fingerprint density at radius 1 is 0.966 bits per heavy atom. The van der Waals surface area contributed by atoms with Crippen molar-refractivity contribution in [2.75, 3.05) is 26.3 Å². The number of hydrogen-bond acceptors (Lipinski definition) is 4. The van der Waals surface area contributed by atoms with Crippen molar-refractivity contribution >= 4 is 5.91 Å². The Morgan fingerprint density at radius 3 is 2.38 bits per heavy atom. The maximum Gasteiger partial charge on any atom is 0.251 e. The fourth-order valence-electron chi connectivity index (χ4n) is 4.01. The molecule has 1 atom stereocenters. The van der Waals surface area contributed by atoms with Crippen LogP contribution in [0.15, 0.2) is 42.5 Å². The van der Waals surface area contributed by atoms with Gasteiger partial charge in [0.05, 0.1) is 6.04 Å². The molecular weight excluding hydrogens is 364 g/mol. The molecule has 0 aromatic heterocycles. The fourth-order valence-corrected chi connectivity index (χ4v) is 4.01. The Labute approximate surface area is 173 Å². The first kappa shape index (κ1) is 19.8. The average Bonchev–Trinajstić information content (AvgIpc) is 3.02. The zero-order valence-electron chi connectivity index (χ0n) is 17.2. The molecule has 2 aromatic rings. The third-order valence-electron chi connectivity index (χ3n) is 5.73. The lowest BCUT2D eigenvalue weighted by atomic mass is 10.1. The fraction of sp³-hybridized carbons (Fsp3) is 0.458. The van der Waals surface area contributed by atoms with Gasteiger partial charge in [0, 0.05) is 12.1 Å². The standard InChI is InChI=1S/C24H30N2O3/c1-18(21-10-11-22-23(16-21)29-15-14-28-22)25-24(27)20-8-6-19(7-9-20)17-26-12-4-2-3-5-13-26/h6-11,16,18H,2-5,12-15,17H2,1H3,(H,25,27). The summed E-state index contributed by atoms with van der Waals surface area (Å²) in [5.41, 5.74) is 2.96. The maximum absolute atomic E-state index is 12.7. The summed E-state index contributed by atoms with van der Waals surface area (Å²) in [5, 5.41) is 3.08. The number of nitrogens with zero attached hydrogens (tertiary/aromatic N) is 1. The van der Waals surface area contributed by atoms with E-state index in [1.54, 1.807) is 0 Å². The van der Waals surface area contributed by atoms with Crippen molar-refractivity contribution < 1.29 is 14.3 Å². The normalized spacial score (nSPS) is 18.0. The van der Waals surface area contributed by atoms with E-state index in [1.807, 2.05) is 37.3 Å². The average molecular weight is 395 g/mol. The minimum Gasteiger partial charge on any atom is -0.486 e. The van der Waals surface area contributed by atoms with E-state index in [1.165, 1.54) is 44.3 Å². The van der Waals surface area contributed by atoms with Crippen molar-refractivity contribution in [2.45, 2.75) is 45.2 Å². The first-order valence-corrected chi connectivity index (χ1v) is 10.7. The predicted octanol–water partition coefficient (Wildman–Crippen LogP) is 4.32. The number of amides is 1. The summed E-state index contributed by atoms with van der Waals surface area (Å²) >= 11 is 0. The smallest absolute Gasteiger partial charge is 0.251 e. The molecule has 0 bridgehead atoms. The first-order valence-electron chi connectivity index (χ1n) is 10.7. The number of carbonyl (C=O) groups is 1. The van der Waals surface area contributed by atoms with E-state index in [9.17, 15) is 4.79 Å². The summed E-state index contributed by atoms with van der Waals surface area (Å²) in [7, 11) is 0. The van der Waals surface area contributed by atoms with Crippen LogP contribution in [0, 0.1) is 0 Å². The maximum atomic E-state index is 12.7. The van der Waals surface area contributed by atoms with Gasteiger partial charge in [-0.1, -0.05) is 31.0 Å². The predicted molar refractivity (Wildman–Crippen MR) is 114 cm³/mol. The van der Waals surface area contributed by atoms with E-state index < -0.39 is 0 Å². The minimum atomic E-state index is -0.116. The van der Waals surface area contributed by atoms with E-state index in [0.717, 1.165) is 23.6 Å². The molecule has 0 radical (unpaired) electrons. The highest BCUT2D eigenvalue weighted by atomic mass is 16.6. The molecule has 29 heavy (non-hydrogen) atoms. The van der Waals surface area contributed by atoms with Gasteiger partial charge in [0.25, 0.3) is 5.91 Å². The van der Waals surface area contributed by atoms with Crippen molar-refractivity contribution in [2.24, 2.45) is 0 Å². The third-order valence-corrected chi connectivity index (χ3v) is 5.73.